The first kappa shape index (κ1) is 11.7. The fourth-order valence-corrected chi connectivity index (χ4v) is 1.85. The van der Waals surface area contributed by atoms with Gasteiger partial charge in [-0.25, -0.2) is 0 Å². The number of hydrogen-bond donors (Lipinski definition) is 1. The Morgan fingerprint density at radius 3 is 2.79 bits per heavy atom. The van der Waals surface area contributed by atoms with Gasteiger partial charge in [-0.2, -0.15) is 0 Å². The lowest BCUT2D eigenvalue weighted by Gasteiger charge is -2.08. The Morgan fingerprint density at radius 1 is 1.42 bits per heavy atom. The van der Waals surface area contributed by atoms with Gasteiger partial charge in [-0.1, -0.05) is 11.6 Å². The maximum absolute atomic E-state index is 11.6. The summed E-state index contributed by atoms with van der Waals surface area (Å²) in [7, 11) is 1.35. The first-order chi connectivity index (χ1) is 9.43. The van der Waals surface area contributed by atoms with Gasteiger partial charge in [0.2, 0.25) is 5.56 Å². The number of nitro benzene ring substituents is 1. The van der Waals surface area contributed by atoms with Crippen LogP contribution in [0.3, 0.4) is 0 Å². The summed E-state index contributed by atoms with van der Waals surface area (Å²) in [5.74, 6) is 0.171. The predicted molar refractivity (Wildman–Crippen MR) is 70.7 cm³/mol. The van der Waals surface area contributed by atoms with Gasteiger partial charge >= 0.3 is 0 Å². The molecule has 0 fully saturated rings. The van der Waals surface area contributed by atoms with Gasteiger partial charge < -0.3 is 9.71 Å². The van der Waals surface area contributed by atoms with Crippen molar-refractivity contribution in [1.29, 1.82) is 0 Å². The Hall–Kier alpha value is -2.34. The number of H-pyrrole nitrogens is 1. The van der Waals surface area contributed by atoms with Crippen molar-refractivity contribution in [3.63, 3.8) is 0 Å². The zero-order valence-electron chi connectivity index (χ0n) is 10.8. The molecule has 2 aromatic rings. The molecule has 0 saturated carbocycles. The number of nitro groups is 1. The number of nitrogens with zero attached hydrogens (tertiary/aromatic N) is 1. The molecule has 0 spiro atoms. The third-order valence-electron chi connectivity index (χ3n) is 2.51. The minimum Gasteiger partial charge on any atom is -0.495 e. The van der Waals surface area contributed by atoms with Crippen LogP contribution in [-0.4, -0.2) is 17.0 Å². The molecule has 0 unspecified atom stereocenters. The summed E-state index contributed by atoms with van der Waals surface area (Å²) in [6, 6.07) is 5.13. The van der Waals surface area contributed by atoms with Crippen LogP contribution < -0.4 is 10.3 Å². The molecule has 0 saturated heterocycles. The van der Waals surface area contributed by atoms with Crippen molar-refractivity contribution in [2.75, 3.05) is 7.11 Å². The molecule has 0 atom stereocenters. The number of pyridine rings is 1. The highest BCUT2D eigenvalue weighted by atomic mass is 35.5. The molecule has 7 heteroatoms. The van der Waals surface area contributed by atoms with E-state index >= 15 is 0 Å². The SMILES string of the molecule is [2H]n1cc(OC)c(-c2cc(Cl)ccc2[N+](=O)[O-])cc1=O. The lowest BCUT2D eigenvalue weighted by Crippen LogP contribution is -2.05. The molecule has 2 rings (SSSR count). The van der Waals surface area contributed by atoms with E-state index in [9.17, 15) is 14.9 Å². The van der Waals surface area contributed by atoms with Gasteiger partial charge in [-0.05, 0) is 12.1 Å². The average molecular weight is 282 g/mol. The van der Waals surface area contributed by atoms with Gasteiger partial charge in [-0.3, -0.25) is 14.9 Å². The first-order valence-corrected chi connectivity index (χ1v) is 5.56. The number of ether oxygens (including phenoxy) is 1. The zero-order chi connectivity index (χ0) is 14.9. The predicted octanol–water partition coefficient (Wildman–Crippen LogP) is 2.61. The highest BCUT2D eigenvalue weighted by Gasteiger charge is 2.19. The van der Waals surface area contributed by atoms with Gasteiger partial charge in [0.05, 0.1) is 17.6 Å². The van der Waals surface area contributed by atoms with Gasteiger partial charge in [-0.15, -0.1) is 0 Å². The van der Waals surface area contributed by atoms with Crippen LogP contribution in [-0.2, 0) is 0 Å². The molecule has 0 aliphatic rings. The topological polar surface area (TPSA) is 85.2 Å². The molecule has 1 aromatic carbocycles. The molecule has 0 amide bonds. The van der Waals surface area contributed by atoms with E-state index in [4.69, 9.17) is 17.7 Å². The van der Waals surface area contributed by atoms with Crippen molar-refractivity contribution in [2.24, 2.45) is 0 Å². The highest BCUT2D eigenvalue weighted by Crippen LogP contribution is 2.36. The second-order valence-corrected chi connectivity index (χ2v) is 4.08. The second kappa shape index (κ2) is 5.11. The van der Waals surface area contributed by atoms with Crippen LogP contribution >= 0.6 is 11.6 Å². The van der Waals surface area contributed by atoms with Crippen LogP contribution in [0.25, 0.3) is 11.1 Å². The zero-order valence-corrected chi connectivity index (χ0v) is 10.5. The van der Waals surface area contributed by atoms with Crippen molar-refractivity contribution < 1.29 is 11.1 Å². The highest BCUT2D eigenvalue weighted by molar-refractivity contribution is 6.31. The second-order valence-electron chi connectivity index (χ2n) is 3.64. The number of aromatic amines is 1. The summed E-state index contributed by atoms with van der Waals surface area (Å²) < 4.78 is 12.4. The normalized spacial score (nSPS) is 10.9. The van der Waals surface area contributed by atoms with Crippen LogP contribution in [0.15, 0.2) is 35.3 Å². The van der Waals surface area contributed by atoms with E-state index in [0.29, 0.717) is 10.00 Å². The average Bonchev–Trinajstić information content (AvgIpc) is 2.40. The number of nitrogens with one attached hydrogen (secondary N) is 1. The summed E-state index contributed by atoms with van der Waals surface area (Å²) >= 11 is 5.85. The van der Waals surface area contributed by atoms with Crippen LogP contribution in [0.5, 0.6) is 5.75 Å². The minimum atomic E-state index is -0.630. The number of benzene rings is 1. The molecule has 1 aromatic heterocycles. The van der Waals surface area contributed by atoms with E-state index in [1.807, 2.05) is 0 Å². The van der Waals surface area contributed by atoms with E-state index in [0.717, 1.165) is 12.3 Å². The Labute approximate surface area is 114 Å². The van der Waals surface area contributed by atoms with Crippen LogP contribution in [0.2, 0.25) is 6.43 Å². The largest absolute Gasteiger partial charge is 0.495 e. The molecule has 1 N–H and O–H groups in total. The Kier molecular flexibility index (Phi) is 3.16. The third-order valence-corrected chi connectivity index (χ3v) is 2.74. The number of aromatic nitrogens is 1. The minimum absolute atomic E-state index is 0.164. The van der Waals surface area contributed by atoms with Gasteiger partial charge in [0.15, 0.2) is 1.41 Å². The quantitative estimate of drug-likeness (QED) is 0.692. The molecule has 98 valence electrons. The fraction of sp³-hybridized carbons (Fsp3) is 0.0833. The van der Waals surface area contributed by atoms with Crippen molar-refractivity contribution in [3.8, 4) is 16.9 Å². The smallest absolute Gasteiger partial charge is 0.277 e. The number of hydrogen-bond acceptors (Lipinski definition) is 4. The maximum atomic E-state index is 11.6. The lowest BCUT2D eigenvalue weighted by atomic mass is 10.0. The molecule has 0 aliphatic carbocycles. The molecular formula is C12H9ClN2O4. The maximum Gasteiger partial charge on any atom is 0.277 e. The summed E-state index contributed by atoms with van der Waals surface area (Å²) in [5.41, 5.74) is -0.447. The molecule has 0 radical (unpaired) electrons. The van der Waals surface area contributed by atoms with Gasteiger partial charge in [0.1, 0.15) is 5.75 Å². The number of rotatable bonds is 3. The fourth-order valence-electron chi connectivity index (χ4n) is 1.68. The summed E-state index contributed by atoms with van der Waals surface area (Å²) in [6.45, 7) is 0. The van der Waals surface area contributed by atoms with E-state index in [-0.39, 0.29) is 22.6 Å². The molecule has 1 heterocycles. The van der Waals surface area contributed by atoms with Crippen molar-refractivity contribution in [3.05, 3.63) is 56.0 Å². The lowest BCUT2D eigenvalue weighted by molar-refractivity contribution is -0.384. The van der Waals surface area contributed by atoms with Crippen molar-refractivity contribution >= 4 is 17.3 Å². The van der Waals surface area contributed by atoms with E-state index < -0.39 is 10.5 Å². The van der Waals surface area contributed by atoms with Crippen molar-refractivity contribution in [1.82, 2.24) is 4.98 Å². The van der Waals surface area contributed by atoms with Crippen LogP contribution in [0.4, 0.5) is 5.69 Å². The van der Waals surface area contributed by atoms with Gasteiger partial charge in [0.25, 0.3) is 5.69 Å². The third kappa shape index (κ3) is 2.58. The molecule has 0 bridgehead atoms. The number of halogens is 1. The van der Waals surface area contributed by atoms with E-state index in [1.165, 1.54) is 25.3 Å². The Balaban J connectivity index is 2.80. The van der Waals surface area contributed by atoms with Crippen molar-refractivity contribution in [2.45, 2.75) is 0 Å². The summed E-state index contributed by atoms with van der Waals surface area (Å²) in [4.78, 5) is 22.6. The van der Waals surface area contributed by atoms with E-state index in [2.05, 4.69) is 0 Å². The summed E-state index contributed by atoms with van der Waals surface area (Å²) in [6.07, 6.45) is 1.14. The summed E-state index contributed by atoms with van der Waals surface area (Å²) in [5, 5.41) is 11.4. The molecular weight excluding hydrogens is 272 g/mol. The standard InChI is InChI=1S/C12H9ClN2O4/c1-19-11-6-14-12(16)5-9(11)8-4-7(13)2-3-10(8)15(17)18/h2-6H,1H3,(H,14,16)/i/hD. The Morgan fingerprint density at radius 2 is 2.16 bits per heavy atom. The molecule has 6 nitrogen and oxygen atoms in total. The van der Waals surface area contributed by atoms with Crippen LogP contribution in [0, 0.1) is 10.1 Å². The molecule has 0 aliphatic heterocycles. The molecule has 19 heavy (non-hydrogen) atoms. The monoisotopic (exact) mass is 281 g/mol. The first-order valence-electron chi connectivity index (χ1n) is 5.63. The number of methoxy groups -OCH3 is 1. The Bertz CT molecular complexity index is 745. The van der Waals surface area contributed by atoms with E-state index in [1.54, 1.807) is 0 Å². The van der Waals surface area contributed by atoms with Gasteiger partial charge in [0, 0.05) is 28.9 Å². The van der Waals surface area contributed by atoms with Crippen LogP contribution in [0.1, 0.15) is 0 Å².